The molecule has 10 heteroatoms. The summed E-state index contributed by atoms with van der Waals surface area (Å²) in [5, 5.41) is 29.3. The third kappa shape index (κ3) is 4.18. The minimum Gasteiger partial charge on any atom is -0.546 e. The SMILES string of the molecule is O=C([O-])COc1ccccc1/C=N\n1c(-c2cc(-c3ccccc3)n[nH]2)n[nH]c1=S. The monoisotopic (exact) mass is 419 g/mol. The highest BCUT2D eigenvalue weighted by Crippen LogP contribution is 2.23. The molecule has 30 heavy (non-hydrogen) atoms. The summed E-state index contributed by atoms with van der Waals surface area (Å²) in [6, 6.07) is 18.5. The predicted octanol–water partition coefficient (Wildman–Crippen LogP) is 2.01. The molecule has 150 valence electrons. The lowest BCUT2D eigenvalue weighted by Gasteiger charge is -2.09. The van der Waals surface area contributed by atoms with Crippen molar-refractivity contribution < 1.29 is 14.6 Å². The van der Waals surface area contributed by atoms with Gasteiger partial charge in [-0.05, 0) is 30.4 Å². The van der Waals surface area contributed by atoms with Crippen molar-refractivity contribution >= 4 is 24.4 Å². The molecule has 9 nitrogen and oxygen atoms in total. The third-order valence-corrected chi connectivity index (χ3v) is 4.38. The maximum absolute atomic E-state index is 10.7. The van der Waals surface area contributed by atoms with E-state index >= 15 is 0 Å². The fraction of sp³-hybridized carbons (Fsp3) is 0.0500. The average molecular weight is 419 g/mol. The Hall–Kier alpha value is -4.05. The summed E-state index contributed by atoms with van der Waals surface area (Å²) < 4.78 is 6.96. The molecule has 0 bridgehead atoms. The standard InChI is InChI=1S/C20H16N6O3S/c27-18(28)12-29-17-9-5-4-8-14(17)11-21-26-19(24-25-20(26)30)16-10-15(22-23-16)13-6-2-1-3-7-13/h1-11H,12H2,(H,22,23)(H,25,30)(H,27,28)/p-1/b21-11-. The lowest BCUT2D eigenvalue weighted by atomic mass is 10.1. The Morgan fingerprint density at radius 1 is 1.13 bits per heavy atom. The molecule has 0 aliphatic carbocycles. The molecule has 0 saturated carbocycles. The molecular formula is C20H15N6O3S-. The Balaban J connectivity index is 1.64. The maximum Gasteiger partial charge on any atom is 0.216 e. The van der Waals surface area contributed by atoms with Crippen LogP contribution >= 0.6 is 12.2 Å². The van der Waals surface area contributed by atoms with Gasteiger partial charge in [0.25, 0.3) is 0 Å². The molecule has 4 rings (SSSR count). The zero-order valence-corrected chi connectivity index (χ0v) is 16.3. The first kappa shape index (κ1) is 19.3. The molecule has 0 unspecified atom stereocenters. The average Bonchev–Trinajstić information content (AvgIpc) is 3.39. The zero-order chi connectivity index (χ0) is 20.9. The predicted molar refractivity (Wildman–Crippen MR) is 110 cm³/mol. The van der Waals surface area contributed by atoms with Gasteiger partial charge in [0, 0.05) is 11.1 Å². The fourth-order valence-electron chi connectivity index (χ4n) is 2.74. The largest absolute Gasteiger partial charge is 0.546 e. The Morgan fingerprint density at radius 2 is 1.90 bits per heavy atom. The first-order chi connectivity index (χ1) is 14.6. The van der Waals surface area contributed by atoms with Crippen LogP contribution in [0, 0.1) is 4.77 Å². The van der Waals surface area contributed by atoms with Crippen molar-refractivity contribution in [3.63, 3.8) is 0 Å². The van der Waals surface area contributed by atoms with E-state index in [0.29, 0.717) is 22.8 Å². The Morgan fingerprint density at radius 3 is 2.70 bits per heavy atom. The van der Waals surface area contributed by atoms with Crippen molar-refractivity contribution in [3.8, 4) is 28.5 Å². The van der Waals surface area contributed by atoms with E-state index in [1.54, 1.807) is 24.3 Å². The molecule has 0 saturated heterocycles. The second-order valence-corrected chi connectivity index (χ2v) is 6.53. The lowest BCUT2D eigenvalue weighted by molar-refractivity contribution is -0.307. The van der Waals surface area contributed by atoms with Gasteiger partial charge in [0.2, 0.25) is 10.6 Å². The van der Waals surface area contributed by atoms with Crippen LogP contribution in [0.2, 0.25) is 0 Å². The van der Waals surface area contributed by atoms with Gasteiger partial charge in [-0.1, -0.05) is 42.5 Å². The molecule has 0 aliphatic heterocycles. The molecule has 0 radical (unpaired) electrons. The summed E-state index contributed by atoms with van der Waals surface area (Å²) in [4.78, 5) is 10.7. The lowest BCUT2D eigenvalue weighted by Crippen LogP contribution is -2.29. The van der Waals surface area contributed by atoms with Crippen molar-refractivity contribution in [2.24, 2.45) is 5.10 Å². The van der Waals surface area contributed by atoms with Gasteiger partial charge >= 0.3 is 0 Å². The van der Waals surface area contributed by atoms with E-state index < -0.39 is 12.6 Å². The Bertz CT molecular complexity index is 1260. The summed E-state index contributed by atoms with van der Waals surface area (Å²) in [5.41, 5.74) is 2.92. The van der Waals surface area contributed by atoms with Crippen LogP contribution in [0.25, 0.3) is 22.8 Å². The highest BCUT2D eigenvalue weighted by molar-refractivity contribution is 7.71. The number of nitrogens with one attached hydrogen (secondary N) is 2. The van der Waals surface area contributed by atoms with Crippen molar-refractivity contribution in [2.75, 3.05) is 6.61 Å². The quantitative estimate of drug-likeness (QED) is 0.349. The number of aromatic nitrogens is 5. The van der Waals surface area contributed by atoms with Gasteiger partial charge in [0.05, 0.1) is 17.9 Å². The molecule has 2 aromatic carbocycles. The number of hydrogen-bond acceptors (Lipinski definition) is 7. The number of carboxylic acid groups (broad SMARTS) is 1. The number of carbonyl (C=O) groups excluding carboxylic acids is 1. The van der Waals surface area contributed by atoms with Crippen LogP contribution in [0.3, 0.4) is 0 Å². The minimum atomic E-state index is -1.31. The number of ether oxygens (including phenoxy) is 1. The van der Waals surface area contributed by atoms with E-state index in [1.165, 1.54) is 10.9 Å². The van der Waals surface area contributed by atoms with Crippen molar-refractivity contribution in [1.82, 2.24) is 25.1 Å². The number of para-hydroxylation sites is 1. The zero-order valence-electron chi connectivity index (χ0n) is 15.5. The fourth-order valence-corrected chi connectivity index (χ4v) is 2.92. The van der Waals surface area contributed by atoms with Crippen LogP contribution in [0.5, 0.6) is 5.75 Å². The summed E-state index contributed by atoms with van der Waals surface area (Å²) in [5.74, 6) is -0.511. The van der Waals surface area contributed by atoms with Crippen molar-refractivity contribution in [2.45, 2.75) is 0 Å². The smallest absolute Gasteiger partial charge is 0.216 e. The van der Waals surface area contributed by atoms with E-state index in [9.17, 15) is 9.90 Å². The molecule has 2 N–H and O–H groups in total. The van der Waals surface area contributed by atoms with E-state index in [-0.39, 0.29) is 4.77 Å². The maximum atomic E-state index is 10.7. The first-order valence-electron chi connectivity index (χ1n) is 8.86. The number of carboxylic acids is 1. The number of rotatable bonds is 7. The van der Waals surface area contributed by atoms with E-state index in [1.807, 2.05) is 36.4 Å². The minimum absolute atomic E-state index is 0.283. The van der Waals surface area contributed by atoms with Gasteiger partial charge in [-0.3, -0.25) is 5.10 Å². The summed E-state index contributed by atoms with van der Waals surface area (Å²) in [6.45, 7) is -0.558. The Kier molecular flexibility index (Phi) is 5.48. The van der Waals surface area contributed by atoms with E-state index in [0.717, 1.165) is 11.3 Å². The molecular weight excluding hydrogens is 404 g/mol. The number of benzene rings is 2. The normalized spacial score (nSPS) is 11.1. The molecule has 0 spiro atoms. The van der Waals surface area contributed by atoms with Crippen LogP contribution in [0.1, 0.15) is 5.56 Å². The van der Waals surface area contributed by atoms with Gasteiger partial charge in [0.1, 0.15) is 18.1 Å². The topological polar surface area (TPSA) is 124 Å². The van der Waals surface area contributed by atoms with Crippen LogP contribution in [0.15, 0.2) is 65.8 Å². The molecule has 2 heterocycles. The first-order valence-corrected chi connectivity index (χ1v) is 9.27. The van der Waals surface area contributed by atoms with Crippen molar-refractivity contribution in [3.05, 3.63) is 71.0 Å². The second-order valence-electron chi connectivity index (χ2n) is 6.14. The molecule has 0 fully saturated rings. The second kappa shape index (κ2) is 8.53. The van der Waals surface area contributed by atoms with Crippen LogP contribution < -0.4 is 9.84 Å². The molecule has 2 aromatic heterocycles. The van der Waals surface area contributed by atoms with E-state index in [4.69, 9.17) is 17.0 Å². The number of carbonyl (C=O) groups is 1. The van der Waals surface area contributed by atoms with E-state index in [2.05, 4.69) is 25.5 Å². The number of H-pyrrole nitrogens is 2. The number of hydrogen-bond donors (Lipinski definition) is 2. The third-order valence-electron chi connectivity index (χ3n) is 4.12. The summed E-state index contributed by atoms with van der Waals surface area (Å²) >= 11 is 5.29. The van der Waals surface area contributed by atoms with Gasteiger partial charge in [-0.2, -0.15) is 20.0 Å². The summed E-state index contributed by atoms with van der Waals surface area (Å²) in [6.07, 6.45) is 1.51. The van der Waals surface area contributed by atoms with Gasteiger partial charge in [-0.15, -0.1) is 0 Å². The van der Waals surface area contributed by atoms with Crippen molar-refractivity contribution in [1.29, 1.82) is 0 Å². The Labute approximate surface area is 175 Å². The highest BCUT2D eigenvalue weighted by atomic mass is 32.1. The van der Waals surface area contributed by atoms with Gasteiger partial charge < -0.3 is 14.6 Å². The number of aliphatic carboxylic acids is 1. The number of aromatic amines is 2. The molecule has 4 aromatic rings. The van der Waals surface area contributed by atoms with Gasteiger partial charge in [0.15, 0.2) is 0 Å². The van der Waals surface area contributed by atoms with Crippen LogP contribution in [-0.2, 0) is 4.79 Å². The molecule has 0 aliphatic rings. The molecule has 0 atom stereocenters. The molecule has 0 amide bonds. The number of nitrogens with zero attached hydrogens (tertiary/aromatic N) is 4. The van der Waals surface area contributed by atoms with Crippen LogP contribution in [0.4, 0.5) is 0 Å². The van der Waals surface area contributed by atoms with Crippen LogP contribution in [-0.4, -0.2) is 43.9 Å². The summed E-state index contributed by atoms with van der Waals surface area (Å²) in [7, 11) is 0. The van der Waals surface area contributed by atoms with Gasteiger partial charge in [-0.25, -0.2) is 5.10 Å². The highest BCUT2D eigenvalue weighted by Gasteiger charge is 2.13.